The number of hydrogen-bond donors (Lipinski definition) is 2. The molecule has 0 radical (unpaired) electrons. The van der Waals surface area contributed by atoms with E-state index in [2.05, 4.69) is 15.8 Å². The standard InChI is InChI=1S/C14H13N3O3/c1-10-4-2-5-11(8-10)16-13(18)14(19)17-15-9-12-6-3-7-20-12/h2-9H,1H3,(H,16,18)(H,17,19). The molecule has 0 saturated heterocycles. The smallest absolute Gasteiger partial charge is 0.329 e. The number of nitrogens with zero attached hydrogens (tertiary/aromatic N) is 1. The van der Waals surface area contributed by atoms with E-state index in [0.717, 1.165) is 5.56 Å². The molecule has 6 heteroatoms. The van der Waals surface area contributed by atoms with Crippen LogP contribution in [-0.2, 0) is 9.59 Å². The molecule has 1 aromatic carbocycles. The fourth-order valence-electron chi connectivity index (χ4n) is 1.48. The summed E-state index contributed by atoms with van der Waals surface area (Å²) in [5.41, 5.74) is 3.65. The number of hydrazone groups is 1. The van der Waals surface area contributed by atoms with Gasteiger partial charge in [-0.15, -0.1) is 0 Å². The number of anilines is 1. The number of hydrogen-bond acceptors (Lipinski definition) is 4. The number of carbonyl (C=O) groups is 2. The summed E-state index contributed by atoms with van der Waals surface area (Å²) in [6.07, 6.45) is 2.78. The first-order valence-corrected chi connectivity index (χ1v) is 5.90. The summed E-state index contributed by atoms with van der Waals surface area (Å²) < 4.78 is 4.98. The Hall–Kier alpha value is -2.89. The van der Waals surface area contributed by atoms with Gasteiger partial charge in [0, 0.05) is 5.69 Å². The topological polar surface area (TPSA) is 83.7 Å². The van der Waals surface area contributed by atoms with Gasteiger partial charge in [0.25, 0.3) is 0 Å². The van der Waals surface area contributed by atoms with Crippen LogP contribution in [0, 0.1) is 6.92 Å². The van der Waals surface area contributed by atoms with Crippen molar-refractivity contribution in [2.75, 3.05) is 5.32 Å². The molecule has 0 aliphatic carbocycles. The number of aryl methyl sites for hydroxylation is 1. The summed E-state index contributed by atoms with van der Waals surface area (Å²) in [5.74, 6) is -1.16. The van der Waals surface area contributed by atoms with Crippen LogP contribution in [-0.4, -0.2) is 18.0 Å². The summed E-state index contributed by atoms with van der Waals surface area (Å²) in [6.45, 7) is 1.89. The van der Waals surface area contributed by atoms with Crippen molar-refractivity contribution in [1.29, 1.82) is 0 Å². The van der Waals surface area contributed by atoms with Crippen LogP contribution in [0.2, 0.25) is 0 Å². The van der Waals surface area contributed by atoms with Crippen molar-refractivity contribution in [1.82, 2.24) is 5.43 Å². The fourth-order valence-corrected chi connectivity index (χ4v) is 1.48. The SMILES string of the molecule is Cc1cccc(NC(=O)C(=O)NN=Cc2ccco2)c1. The van der Waals surface area contributed by atoms with Crippen molar-refractivity contribution in [3.05, 3.63) is 54.0 Å². The highest BCUT2D eigenvalue weighted by Crippen LogP contribution is 2.08. The minimum Gasteiger partial charge on any atom is -0.463 e. The van der Waals surface area contributed by atoms with Crippen molar-refractivity contribution < 1.29 is 14.0 Å². The minimum absolute atomic E-state index is 0.476. The molecule has 0 bridgehead atoms. The molecule has 0 saturated carbocycles. The minimum atomic E-state index is -0.852. The van der Waals surface area contributed by atoms with E-state index < -0.39 is 11.8 Å². The van der Waals surface area contributed by atoms with Gasteiger partial charge in [-0.1, -0.05) is 12.1 Å². The van der Waals surface area contributed by atoms with Crippen molar-refractivity contribution in [2.45, 2.75) is 6.92 Å². The van der Waals surface area contributed by atoms with Crippen LogP contribution in [0.25, 0.3) is 0 Å². The van der Waals surface area contributed by atoms with Gasteiger partial charge in [-0.25, -0.2) is 5.43 Å². The first kappa shape index (κ1) is 13.5. The molecule has 0 fully saturated rings. The molecule has 2 amide bonds. The van der Waals surface area contributed by atoms with Gasteiger partial charge in [-0.2, -0.15) is 5.10 Å². The average molecular weight is 271 g/mol. The van der Waals surface area contributed by atoms with E-state index >= 15 is 0 Å². The Morgan fingerprint density at radius 3 is 2.75 bits per heavy atom. The number of rotatable bonds is 3. The summed E-state index contributed by atoms with van der Waals surface area (Å²) in [6, 6.07) is 10.5. The highest BCUT2D eigenvalue weighted by molar-refractivity contribution is 6.39. The molecule has 0 spiro atoms. The molecule has 1 aromatic heterocycles. The van der Waals surface area contributed by atoms with Crippen LogP contribution < -0.4 is 10.7 Å². The van der Waals surface area contributed by atoms with Gasteiger partial charge in [0.15, 0.2) is 0 Å². The first-order chi connectivity index (χ1) is 9.65. The second-order valence-corrected chi connectivity index (χ2v) is 4.04. The van der Waals surface area contributed by atoms with E-state index in [1.165, 1.54) is 12.5 Å². The molecule has 1 heterocycles. The average Bonchev–Trinajstić information content (AvgIpc) is 2.91. The molecule has 6 nitrogen and oxygen atoms in total. The van der Waals surface area contributed by atoms with Crippen molar-refractivity contribution in [2.24, 2.45) is 5.10 Å². The van der Waals surface area contributed by atoms with E-state index in [1.807, 2.05) is 13.0 Å². The van der Waals surface area contributed by atoms with E-state index in [0.29, 0.717) is 11.4 Å². The van der Waals surface area contributed by atoms with Gasteiger partial charge in [0.1, 0.15) is 5.76 Å². The van der Waals surface area contributed by atoms with Crippen molar-refractivity contribution in [3.63, 3.8) is 0 Å². The highest BCUT2D eigenvalue weighted by Gasteiger charge is 2.12. The lowest BCUT2D eigenvalue weighted by Crippen LogP contribution is -2.32. The molecule has 0 aliphatic rings. The lowest BCUT2D eigenvalue weighted by atomic mass is 10.2. The largest absolute Gasteiger partial charge is 0.463 e. The second-order valence-electron chi connectivity index (χ2n) is 4.04. The maximum absolute atomic E-state index is 11.6. The van der Waals surface area contributed by atoms with Gasteiger partial charge in [-0.05, 0) is 36.8 Å². The Kier molecular flexibility index (Phi) is 4.28. The van der Waals surface area contributed by atoms with E-state index in [9.17, 15) is 9.59 Å². The molecule has 102 valence electrons. The second kappa shape index (κ2) is 6.33. The monoisotopic (exact) mass is 271 g/mol. The van der Waals surface area contributed by atoms with E-state index in [1.54, 1.807) is 30.3 Å². The lowest BCUT2D eigenvalue weighted by molar-refractivity contribution is -0.136. The summed E-state index contributed by atoms with van der Waals surface area (Å²) in [7, 11) is 0. The van der Waals surface area contributed by atoms with Gasteiger partial charge in [0.05, 0.1) is 12.5 Å². The molecular weight excluding hydrogens is 258 g/mol. The van der Waals surface area contributed by atoms with Crippen LogP contribution in [0.3, 0.4) is 0 Å². The Morgan fingerprint density at radius 2 is 2.05 bits per heavy atom. The maximum atomic E-state index is 11.6. The van der Waals surface area contributed by atoms with Crippen LogP contribution in [0.5, 0.6) is 0 Å². The number of furan rings is 1. The number of nitrogens with one attached hydrogen (secondary N) is 2. The Bertz CT molecular complexity index is 633. The predicted molar refractivity (Wildman–Crippen MR) is 74.3 cm³/mol. The van der Waals surface area contributed by atoms with Crippen LogP contribution >= 0.6 is 0 Å². The normalized spacial score (nSPS) is 10.4. The molecule has 20 heavy (non-hydrogen) atoms. The molecule has 2 N–H and O–H groups in total. The molecular formula is C14H13N3O3. The predicted octanol–water partition coefficient (Wildman–Crippen LogP) is 1.68. The Balaban J connectivity index is 1.87. The van der Waals surface area contributed by atoms with Gasteiger partial charge in [-0.3, -0.25) is 9.59 Å². The van der Waals surface area contributed by atoms with Gasteiger partial charge < -0.3 is 9.73 Å². The zero-order valence-electron chi connectivity index (χ0n) is 10.8. The molecule has 0 atom stereocenters. The zero-order valence-corrected chi connectivity index (χ0v) is 10.8. The maximum Gasteiger partial charge on any atom is 0.329 e. The highest BCUT2D eigenvalue weighted by atomic mass is 16.3. The lowest BCUT2D eigenvalue weighted by Gasteiger charge is -2.04. The summed E-state index contributed by atoms with van der Waals surface area (Å²) in [4.78, 5) is 23.1. The third kappa shape index (κ3) is 3.81. The van der Waals surface area contributed by atoms with Crippen LogP contribution in [0.15, 0.2) is 52.2 Å². The summed E-state index contributed by atoms with van der Waals surface area (Å²) in [5, 5.41) is 6.09. The third-order valence-electron chi connectivity index (χ3n) is 2.38. The van der Waals surface area contributed by atoms with Crippen LogP contribution in [0.4, 0.5) is 5.69 Å². The van der Waals surface area contributed by atoms with Gasteiger partial charge in [0.2, 0.25) is 0 Å². The third-order valence-corrected chi connectivity index (χ3v) is 2.38. The molecule has 0 unspecified atom stereocenters. The number of carbonyl (C=O) groups excluding carboxylic acids is 2. The molecule has 2 rings (SSSR count). The van der Waals surface area contributed by atoms with Crippen LogP contribution in [0.1, 0.15) is 11.3 Å². The van der Waals surface area contributed by atoms with Crippen molar-refractivity contribution in [3.8, 4) is 0 Å². The van der Waals surface area contributed by atoms with Crippen molar-refractivity contribution >= 4 is 23.7 Å². The van der Waals surface area contributed by atoms with Gasteiger partial charge >= 0.3 is 11.8 Å². The quantitative estimate of drug-likeness (QED) is 0.506. The zero-order chi connectivity index (χ0) is 14.4. The molecule has 0 aliphatic heterocycles. The first-order valence-electron chi connectivity index (χ1n) is 5.90. The number of amides is 2. The Labute approximate surface area is 115 Å². The number of benzene rings is 1. The fraction of sp³-hybridized carbons (Fsp3) is 0.0714. The van der Waals surface area contributed by atoms with E-state index in [4.69, 9.17) is 4.42 Å². The Morgan fingerprint density at radius 1 is 1.20 bits per heavy atom. The van der Waals surface area contributed by atoms with E-state index in [-0.39, 0.29) is 0 Å². The molecule has 2 aromatic rings. The summed E-state index contributed by atoms with van der Waals surface area (Å²) >= 11 is 0.